The van der Waals surface area contributed by atoms with Crippen molar-refractivity contribution in [2.75, 3.05) is 17.2 Å². The Morgan fingerprint density at radius 3 is 2.28 bits per heavy atom. The van der Waals surface area contributed by atoms with Gasteiger partial charge in [-0.2, -0.15) is 4.31 Å². The van der Waals surface area contributed by atoms with Gasteiger partial charge < -0.3 is 4.74 Å². The van der Waals surface area contributed by atoms with Crippen LogP contribution in [0.5, 0.6) is 0 Å². The van der Waals surface area contributed by atoms with Crippen LogP contribution in [-0.4, -0.2) is 33.2 Å². The Kier molecular flexibility index (Phi) is 5.71. The van der Waals surface area contributed by atoms with Crippen molar-refractivity contribution in [3.63, 3.8) is 0 Å². The molecule has 0 aliphatic carbocycles. The van der Waals surface area contributed by atoms with E-state index in [1.54, 1.807) is 42.5 Å². The summed E-state index contributed by atoms with van der Waals surface area (Å²) >= 11 is 0. The summed E-state index contributed by atoms with van der Waals surface area (Å²) in [5.74, 6) is -2.55. The summed E-state index contributed by atoms with van der Waals surface area (Å²) in [6.45, 7) is 3.19. The zero-order valence-corrected chi connectivity index (χ0v) is 14.4. The Morgan fingerprint density at radius 2 is 1.68 bits per heavy atom. The molecule has 0 spiro atoms. The van der Waals surface area contributed by atoms with E-state index in [0.29, 0.717) is 15.4 Å². The van der Waals surface area contributed by atoms with Crippen molar-refractivity contribution in [3.05, 3.63) is 67.3 Å². The summed E-state index contributed by atoms with van der Waals surface area (Å²) in [5, 5.41) is 0. The maximum absolute atomic E-state index is 12.4. The number of hydrogen-bond donors (Lipinski definition) is 0. The molecule has 0 bridgehead atoms. The van der Waals surface area contributed by atoms with Gasteiger partial charge in [-0.15, -0.1) is 0 Å². The quantitative estimate of drug-likeness (QED) is 0.465. The lowest BCUT2D eigenvalue weighted by molar-refractivity contribution is -0.152. The lowest BCUT2D eigenvalue weighted by Gasteiger charge is -2.22. The van der Waals surface area contributed by atoms with E-state index >= 15 is 0 Å². The fourth-order valence-electron chi connectivity index (χ4n) is 2.23. The van der Waals surface area contributed by atoms with Crippen molar-refractivity contribution < 1.29 is 22.7 Å². The summed E-state index contributed by atoms with van der Waals surface area (Å²) in [5.41, 5.74) is 1.29. The molecule has 0 saturated carbocycles. The number of carbonyl (C=O) groups excluding carboxylic acids is 2. The first kappa shape index (κ1) is 18.4. The molecule has 0 aromatic heterocycles. The van der Waals surface area contributed by atoms with Crippen molar-refractivity contribution in [2.45, 2.75) is 0 Å². The van der Waals surface area contributed by atoms with E-state index < -0.39 is 21.9 Å². The molecule has 0 unspecified atom stereocenters. The highest BCUT2D eigenvalue weighted by Gasteiger charge is 2.33. The van der Waals surface area contributed by atoms with E-state index in [0.717, 1.165) is 6.26 Å². The first-order valence-electron chi connectivity index (χ1n) is 7.33. The molecule has 2 aromatic rings. The Labute approximate surface area is 146 Å². The van der Waals surface area contributed by atoms with E-state index in [9.17, 15) is 18.0 Å². The molecule has 0 aliphatic rings. The number of hydrogen-bond acceptors (Lipinski definition) is 5. The van der Waals surface area contributed by atoms with Gasteiger partial charge in [0.2, 0.25) is 10.0 Å². The van der Waals surface area contributed by atoms with Crippen LogP contribution in [-0.2, 0) is 24.3 Å². The zero-order chi connectivity index (χ0) is 18.4. The van der Waals surface area contributed by atoms with Gasteiger partial charge in [0.15, 0.2) is 0 Å². The maximum Gasteiger partial charge on any atom is 0.398 e. The van der Waals surface area contributed by atoms with E-state index in [1.165, 1.54) is 12.1 Å². The van der Waals surface area contributed by atoms with Gasteiger partial charge in [-0.1, -0.05) is 61.2 Å². The summed E-state index contributed by atoms with van der Waals surface area (Å²) in [7, 11) is -4.06. The minimum absolute atomic E-state index is 0.0803. The number of sulfonamides is 1. The number of carbonyl (C=O) groups is 2. The predicted octanol–water partition coefficient (Wildman–Crippen LogP) is 2.38. The lowest BCUT2D eigenvalue weighted by Crippen LogP contribution is -2.41. The molecule has 0 saturated heterocycles. The highest BCUT2D eigenvalue weighted by atomic mass is 32.2. The number of esters is 1. The van der Waals surface area contributed by atoms with Gasteiger partial charge in [-0.3, -0.25) is 4.79 Å². The molecule has 0 N–H and O–H groups in total. The Hall–Kier alpha value is -2.93. The van der Waals surface area contributed by atoms with Gasteiger partial charge in [0.1, 0.15) is 6.61 Å². The van der Waals surface area contributed by atoms with Gasteiger partial charge in [-0.25, -0.2) is 13.2 Å². The third-order valence-electron chi connectivity index (χ3n) is 3.23. The van der Waals surface area contributed by atoms with E-state index in [4.69, 9.17) is 0 Å². The topological polar surface area (TPSA) is 80.8 Å². The number of nitrogens with zero attached hydrogens (tertiary/aromatic N) is 1. The van der Waals surface area contributed by atoms with Crippen LogP contribution in [0.25, 0.3) is 11.1 Å². The molecule has 2 aromatic carbocycles. The van der Waals surface area contributed by atoms with Crippen molar-refractivity contribution in [3.8, 4) is 11.1 Å². The standard InChI is InChI=1S/C18H17NO5S/c1-3-13-24-18(21)17(20)19(25(2,22)23)16-12-8-7-11-15(16)14-9-5-4-6-10-14/h3-12H,1,13H2,2H3. The average Bonchev–Trinajstić information content (AvgIpc) is 2.59. The van der Waals surface area contributed by atoms with Gasteiger partial charge in [0, 0.05) is 5.56 Å². The first-order valence-corrected chi connectivity index (χ1v) is 9.18. The fraction of sp³-hybridized carbons (Fsp3) is 0.111. The molecule has 7 heteroatoms. The highest BCUT2D eigenvalue weighted by Crippen LogP contribution is 2.32. The molecule has 1 amide bonds. The smallest absolute Gasteiger partial charge is 0.398 e. The summed E-state index contributed by atoms with van der Waals surface area (Å²) < 4.78 is 29.6. The summed E-state index contributed by atoms with van der Waals surface area (Å²) in [4.78, 5) is 24.3. The van der Waals surface area contributed by atoms with Crippen molar-refractivity contribution >= 4 is 27.6 Å². The van der Waals surface area contributed by atoms with E-state index in [-0.39, 0.29) is 12.3 Å². The molecular weight excluding hydrogens is 342 g/mol. The molecule has 0 fully saturated rings. The van der Waals surface area contributed by atoms with Crippen LogP contribution in [0.2, 0.25) is 0 Å². The van der Waals surface area contributed by atoms with E-state index in [2.05, 4.69) is 11.3 Å². The van der Waals surface area contributed by atoms with Crippen LogP contribution < -0.4 is 4.31 Å². The fourth-order valence-corrected chi connectivity index (χ4v) is 3.12. The van der Waals surface area contributed by atoms with Crippen LogP contribution in [0.15, 0.2) is 67.3 Å². The van der Waals surface area contributed by atoms with Crippen LogP contribution in [0.3, 0.4) is 0 Å². The molecule has 130 valence electrons. The number of amides is 1. The number of anilines is 1. The van der Waals surface area contributed by atoms with Crippen molar-refractivity contribution in [1.29, 1.82) is 0 Å². The Balaban J connectivity index is 2.56. The molecule has 0 radical (unpaired) electrons. The second kappa shape index (κ2) is 7.76. The summed E-state index contributed by atoms with van der Waals surface area (Å²) in [6, 6.07) is 15.4. The van der Waals surface area contributed by atoms with Crippen molar-refractivity contribution in [2.24, 2.45) is 0 Å². The lowest BCUT2D eigenvalue weighted by atomic mass is 10.0. The SMILES string of the molecule is C=CCOC(=O)C(=O)N(c1ccccc1-c1ccccc1)S(C)(=O)=O. The highest BCUT2D eigenvalue weighted by molar-refractivity contribution is 7.93. The monoisotopic (exact) mass is 359 g/mol. The van der Waals surface area contributed by atoms with Gasteiger partial charge >= 0.3 is 11.9 Å². The molecular formula is C18H17NO5S. The van der Waals surface area contributed by atoms with Crippen LogP contribution in [0, 0.1) is 0 Å². The molecule has 0 aliphatic heterocycles. The third-order valence-corrected chi connectivity index (χ3v) is 4.26. The third kappa shape index (κ3) is 4.33. The Bertz CT molecular complexity index is 891. The second-order valence-electron chi connectivity index (χ2n) is 5.10. The van der Waals surface area contributed by atoms with Crippen molar-refractivity contribution in [1.82, 2.24) is 0 Å². The van der Waals surface area contributed by atoms with Gasteiger partial charge in [0.05, 0.1) is 11.9 Å². The number of ether oxygens (including phenoxy) is 1. The van der Waals surface area contributed by atoms with Gasteiger partial charge in [-0.05, 0) is 11.6 Å². The molecule has 6 nitrogen and oxygen atoms in total. The minimum Gasteiger partial charge on any atom is -0.454 e. The summed E-state index contributed by atoms with van der Waals surface area (Å²) in [6.07, 6.45) is 2.14. The number of benzene rings is 2. The first-order chi connectivity index (χ1) is 11.9. The Morgan fingerprint density at radius 1 is 1.08 bits per heavy atom. The maximum atomic E-state index is 12.4. The van der Waals surface area contributed by atoms with Crippen LogP contribution >= 0.6 is 0 Å². The van der Waals surface area contributed by atoms with Gasteiger partial charge in [0.25, 0.3) is 0 Å². The number of rotatable bonds is 5. The normalized spacial score (nSPS) is 10.8. The zero-order valence-electron chi connectivity index (χ0n) is 13.6. The molecule has 0 atom stereocenters. The molecule has 2 rings (SSSR count). The predicted molar refractivity (Wildman–Crippen MR) is 95.4 cm³/mol. The number of para-hydroxylation sites is 1. The largest absolute Gasteiger partial charge is 0.454 e. The van der Waals surface area contributed by atoms with Crippen LogP contribution in [0.1, 0.15) is 0 Å². The molecule has 25 heavy (non-hydrogen) atoms. The van der Waals surface area contributed by atoms with E-state index in [1.807, 2.05) is 6.07 Å². The van der Waals surface area contributed by atoms with Crippen LogP contribution in [0.4, 0.5) is 5.69 Å². The molecule has 0 heterocycles. The average molecular weight is 359 g/mol. The minimum atomic E-state index is -4.06. The second-order valence-corrected chi connectivity index (χ2v) is 6.93.